The minimum atomic E-state index is -0.638. The molecule has 0 aliphatic carbocycles. The molecular weight excluding hydrogens is 368 g/mol. The van der Waals surface area contributed by atoms with Gasteiger partial charge < -0.3 is 4.90 Å². The fraction of sp³-hybridized carbons (Fsp3) is 0.462. The van der Waals surface area contributed by atoms with Crippen LogP contribution >= 0.6 is 15.9 Å². The Bertz CT molecular complexity index is 733. The number of carbonyl (C=O) groups excluding carboxylic acids is 1. The summed E-state index contributed by atoms with van der Waals surface area (Å²) in [6.07, 6.45) is 2.83. The van der Waals surface area contributed by atoms with Crippen LogP contribution in [0.15, 0.2) is 16.9 Å². The number of nitrogens with zero attached hydrogens (tertiary/aromatic N) is 6. The fourth-order valence-corrected chi connectivity index (χ4v) is 2.80. The maximum atomic E-state index is 12.6. The minimum Gasteiger partial charge on any atom is -0.338 e. The van der Waals surface area contributed by atoms with Crippen LogP contribution in [0.3, 0.4) is 0 Å². The SMILES string of the molecule is Cc1c([N+](=O)[O-])cnn1C(C)C(=O)N(C)Cc1c(Br)cnn1C. The molecule has 0 saturated heterocycles. The zero-order valence-corrected chi connectivity index (χ0v) is 14.8. The van der Waals surface area contributed by atoms with Crippen LogP contribution in [0.4, 0.5) is 5.69 Å². The van der Waals surface area contributed by atoms with Gasteiger partial charge in [0.1, 0.15) is 17.9 Å². The van der Waals surface area contributed by atoms with Gasteiger partial charge in [-0.15, -0.1) is 0 Å². The van der Waals surface area contributed by atoms with Gasteiger partial charge in [-0.3, -0.25) is 24.3 Å². The predicted octanol–water partition coefficient (Wildman–Crippen LogP) is 1.82. The summed E-state index contributed by atoms with van der Waals surface area (Å²) in [5, 5.41) is 19.0. The lowest BCUT2D eigenvalue weighted by Gasteiger charge is -2.22. The number of aromatic nitrogens is 4. The van der Waals surface area contributed by atoms with Crippen molar-refractivity contribution in [3.63, 3.8) is 0 Å². The number of aryl methyl sites for hydroxylation is 1. The number of rotatable bonds is 5. The molecule has 1 unspecified atom stereocenters. The molecule has 0 aliphatic rings. The van der Waals surface area contributed by atoms with Gasteiger partial charge in [0.2, 0.25) is 5.91 Å². The van der Waals surface area contributed by atoms with Crippen molar-refractivity contribution in [1.29, 1.82) is 0 Å². The highest BCUT2D eigenvalue weighted by atomic mass is 79.9. The Balaban J connectivity index is 2.18. The van der Waals surface area contributed by atoms with Gasteiger partial charge in [-0.1, -0.05) is 0 Å². The number of hydrogen-bond acceptors (Lipinski definition) is 5. The molecule has 124 valence electrons. The highest BCUT2D eigenvalue weighted by Crippen LogP contribution is 2.22. The Morgan fingerprint density at radius 1 is 1.48 bits per heavy atom. The third-order valence-electron chi connectivity index (χ3n) is 3.71. The average Bonchev–Trinajstić information content (AvgIpc) is 3.03. The zero-order chi connectivity index (χ0) is 17.3. The maximum Gasteiger partial charge on any atom is 0.309 e. The second kappa shape index (κ2) is 6.49. The van der Waals surface area contributed by atoms with Crippen molar-refractivity contribution < 1.29 is 9.72 Å². The Hall–Kier alpha value is -2.23. The topological polar surface area (TPSA) is 99.1 Å². The third kappa shape index (κ3) is 3.26. The standard InChI is InChI=1S/C13H17BrN6O3/c1-8-11(20(22)23)6-16-19(8)9(2)13(21)17(3)7-12-10(14)5-15-18(12)4/h5-6,9H,7H2,1-4H3. The molecule has 0 bridgehead atoms. The molecule has 0 spiro atoms. The first-order valence-electron chi connectivity index (χ1n) is 6.83. The normalized spacial score (nSPS) is 12.2. The number of amides is 1. The summed E-state index contributed by atoms with van der Waals surface area (Å²) in [4.78, 5) is 24.5. The lowest BCUT2D eigenvalue weighted by atomic mass is 10.2. The van der Waals surface area contributed by atoms with E-state index in [1.54, 1.807) is 43.7 Å². The lowest BCUT2D eigenvalue weighted by Crippen LogP contribution is -2.34. The molecule has 2 aromatic rings. The van der Waals surface area contributed by atoms with Crippen LogP contribution in [0.2, 0.25) is 0 Å². The fourth-order valence-electron chi connectivity index (χ4n) is 2.32. The number of carbonyl (C=O) groups is 1. The van der Waals surface area contributed by atoms with Gasteiger partial charge in [0.25, 0.3) is 0 Å². The van der Waals surface area contributed by atoms with Crippen molar-refractivity contribution in [2.75, 3.05) is 7.05 Å². The quantitative estimate of drug-likeness (QED) is 0.578. The van der Waals surface area contributed by atoms with E-state index in [9.17, 15) is 14.9 Å². The molecule has 0 saturated carbocycles. The van der Waals surface area contributed by atoms with E-state index in [0.717, 1.165) is 16.4 Å². The number of hydrogen-bond donors (Lipinski definition) is 0. The molecule has 0 radical (unpaired) electrons. The summed E-state index contributed by atoms with van der Waals surface area (Å²) >= 11 is 3.39. The molecule has 1 amide bonds. The van der Waals surface area contributed by atoms with Crippen LogP contribution < -0.4 is 0 Å². The molecule has 2 rings (SSSR count). The highest BCUT2D eigenvalue weighted by molar-refractivity contribution is 9.10. The smallest absolute Gasteiger partial charge is 0.309 e. The summed E-state index contributed by atoms with van der Waals surface area (Å²) in [6, 6.07) is -0.638. The van der Waals surface area contributed by atoms with Gasteiger partial charge in [-0.25, -0.2) is 0 Å². The van der Waals surface area contributed by atoms with E-state index in [2.05, 4.69) is 26.1 Å². The molecule has 23 heavy (non-hydrogen) atoms. The van der Waals surface area contributed by atoms with Crippen molar-refractivity contribution in [3.8, 4) is 0 Å². The summed E-state index contributed by atoms with van der Waals surface area (Å²) in [5.41, 5.74) is 1.11. The van der Waals surface area contributed by atoms with Crippen molar-refractivity contribution in [2.45, 2.75) is 26.4 Å². The number of likely N-dealkylation sites (N-methyl/N-ethyl adjacent to an activating group) is 1. The van der Waals surface area contributed by atoms with Crippen LogP contribution in [-0.4, -0.2) is 42.3 Å². The van der Waals surface area contributed by atoms with Crippen molar-refractivity contribution in [3.05, 3.63) is 38.4 Å². The van der Waals surface area contributed by atoms with E-state index in [-0.39, 0.29) is 11.6 Å². The van der Waals surface area contributed by atoms with Crippen molar-refractivity contribution in [1.82, 2.24) is 24.5 Å². The molecule has 2 aromatic heterocycles. The molecule has 10 heteroatoms. The molecule has 1 atom stereocenters. The first-order chi connectivity index (χ1) is 10.7. The molecule has 0 aliphatic heterocycles. The minimum absolute atomic E-state index is 0.0957. The van der Waals surface area contributed by atoms with Gasteiger partial charge >= 0.3 is 5.69 Å². The first kappa shape index (κ1) is 17.1. The first-order valence-corrected chi connectivity index (χ1v) is 7.63. The molecule has 0 N–H and O–H groups in total. The van der Waals surface area contributed by atoms with Crippen LogP contribution in [0.25, 0.3) is 0 Å². The second-order valence-electron chi connectivity index (χ2n) is 5.25. The van der Waals surface area contributed by atoms with E-state index in [1.165, 1.54) is 4.68 Å². The Kier molecular flexibility index (Phi) is 4.83. The third-order valence-corrected chi connectivity index (χ3v) is 4.38. The summed E-state index contributed by atoms with van der Waals surface area (Å²) in [7, 11) is 3.47. The van der Waals surface area contributed by atoms with Gasteiger partial charge in [0.15, 0.2) is 0 Å². The Morgan fingerprint density at radius 3 is 2.61 bits per heavy atom. The Labute approximate surface area is 141 Å². The second-order valence-corrected chi connectivity index (χ2v) is 6.10. The van der Waals surface area contributed by atoms with Crippen LogP contribution in [0, 0.1) is 17.0 Å². The van der Waals surface area contributed by atoms with E-state index in [1.807, 2.05) is 0 Å². The number of nitro groups is 1. The molecule has 2 heterocycles. The monoisotopic (exact) mass is 384 g/mol. The summed E-state index contributed by atoms with van der Waals surface area (Å²) in [6.45, 7) is 3.61. The molecule has 0 aromatic carbocycles. The van der Waals surface area contributed by atoms with Gasteiger partial charge in [-0.2, -0.15) is 10.2 Å². The van der Waals surface area contributed by atoms with Gasteiger partial charge in [0.05, 0.1) is 27.8 Å². The maximum absolute atomic E-state index is 12.6. The Morgan fingerprint density at radius 2 is 2.13 bits per heavy atom. The molecule has 0 fully saturated rings. The molecular formula is C13H17BrN6O3. The molecule has 9 nitrogen and oxygen atoms in total. The zero-order valence-electron chi connectivity index (χ0n) is 13.2. The predicted molar refractivity (Wildman–Crippen MR) is 85.7 cm³/mol. The van der Waals surface area contributed by atoms with Crippen LogP contribution in [-0.2, 0) is 18.4 Å². The van der Waals surface area contributed by atoms with Gasteiger partial charge in [-0.05, 0) is 29.8 Å². The van der Waals surface area contributed by atoms with Crippen LogP contribution in [0.1, 0.15) is 24.4 Å². The lowest BCUT2D eigenvalue weighted by molar-refractivity contribution is -0.385. The summed E-state index contributed by atoms with van der Waals surface area (Å²) in [5.74, 6) is -0.195. The average molecular weight is 385 g/mol. The van der Waals surface area contributed by atoms with Crippen molar-refractivity contribution in [2.24, 2.45) is 7.05 Å². The van der Waals surface area contributed by atoms with E-state index in [4.69, 9.17) is 0 Å². The van der Waals surface area contributed by atoms with E-state index >= 15 is 0 Å². The van der Waals surface area contributed by atoms with Gasteiger partial charge in [0, 0.05) is 14.1 Å². The summed E-state index contributed by atoms with van der Waals surface area (Å²) < 4.78 is 3.87. The highest BCUT2D eigenvalue weighted by Gasteiger charge is 2.26. The van der Waals surface area contributed by atoms with Crippen LogP contribution in [0.5, 0.6) is 0 Å². The van der Waals surface area contributed by atoms with E-state index in [0.29, 0.717) is 12.2 Å². The largest absolute Gasteiger partial charge is 0.338 e. The van der Waals surface area contributed by atoms with Crippen molar-refractivity contribution >= 4 is 27.5 Å². The van der Waals surface area contributed by atoms with E-state index < -0.39 is 11.0 Å². The number of halogens is 1.